The van der Waals surface area contributed by atoms with Gasteiger partial charge in [0.2, 0.25) is 0 Å². The summed E-state index contributed by atoms with van der Waals surface area (Å²) >= 11 is 0. The number of hydrogen-bond donors (Lipinski definition) is 2. The molecule has 5 nitrogen and oxygen atoms in total. The Balaban J connectivity index is 1.30. The molecule has 1 unspecified atom stereocenters. The molecular formula is C36H46N4O. The van der Waals surface area contributed by atoms with Crippen molar-refractivity contribution in [1.82, 2.24) is 20.2 Å². The van der Waals surface area contributed by atoms with Gasteiger partial charge in [-0.3, -0.25) is 4.98 Å². The second kappa shape index (κ2) is 10.7. The number of epoxide rings is 1. The second-order valence-corrected chi connectivity index (χ2v) is 13.6. The molecule has 216 valence electrons. The highest BCUT2D eigenvalue weighted by atomic mass is 16.6. The molecule has 4 aliphatic heterocycles. The Bertz CT molecular complexity index is 1460. The standard InChI is InChI=1S/C36H46N4O/c1-3-7-13-21-38-34-35(19-11-5-1)25-40-23-14-8-4-2-6-12-20-36(34)33(41-36)30(28(35)18-24-40)32-31-27(17-22-37-32)26-15-9-10-16-29(26)39-31/h1-2,5-6,9-10,15-17,22,28,30,33-34,38-39H,3-4,7-8,11-14,18-21,23-25H2/b5-1?,6-2-/t28-,30+,33-,34+,35-,36-/m0/s1. The molecule has 0 amide bonds. The van der Waals surface area contributed by atoms with E-state index < -0.39 is 0 Å². The molecule has 8 rings (SSSR count). The first-order valence-electron chi connectivity index (χ1n) is 16.6. The summed E-state index contributed by atoms with van der Waals surface area (Å²) in [6.45, 7) is 4.71. The van der Waals surface area contributed by atoms with Gasteiger partial charge in [0.1, 0.15) is 5.60 Å². The molecule has 2 aromatic heterocycles. The molecule has 41 heavy (non-hydrogen) atoms. The Kier molecular flexibility index (Phi) is 6.81. The number of ether oxygens (including phenoxy) is 1. The van der Waals surface area contributed by atoms with Crippen LogP contribution in [0.15, 0.2) is 60.8 Å². The number of H-pyrrole nitrogens is 1. The SMILES string of the molecule is C1=CCC[C@]23CN4CCCC/C=C\CC[C@@]5(O[C@H]5[C@@H](c5nccc6c5[nH]c5ccccc56)[C@@H]2CC4)[C@@H]3NCCCC1. The van der Waals surface area contributed by atoms with Gasteiger partial charge >= 0.3 is 0 Å². The maximum absolute atomic E-state index is 7.19. The van der Waals surface area contributed by atoms with Crippen molar-refractivity contribution in [2.45, 2.75) is 94.3 Å². The van der Waals surface area contributed by atoms with Gasteiger partial charge in [-0.25, -0.2) is 0 Å². The van der Waals surface area contributed by atoms with Gasteiger partial charge in [-0.15, -0.1) is 0 Å². The second-order valence-electron chi connectivity index (χ2n) is 13.6. The number of benzene rings is 1. The first-order valence-corrected chi connectivity index (χ1v) is 16.6. The van der Waals surface area contributed by atoms with Crippen molar-refractivity contribution in [3.8, 4) is 0 Å². The maximum Gasteiger partial charge on any atom is 0.112 e. The molecule has 1 saturated carbocycles. The number of nitrogens with zero attached hydrogens (tertiary/aromatic N) is 2. The predicted octanol–water partition coefficient (Wildman–Crippen LogP) is 7.26. The van der Waals surface area contributed by atoms with Gasteiger partial charge < -0.3 is 19.9 Å². The van der Waals surface area contributed by atoms with Gasteiger partial charge in [0.05, 0.1) is 17.3 Å². The molecule has 1 aromatic carbocycles. The number of hydrogen-bond acceptors (Lipinski definition) is 4. The number of allylic oxidation sites excluding steroid dienone is 4. The molecule has 7 atom stereocenters. The Hall–Kier alpha value is -2.47. The van der Waals surface area contributed by atoms with Gasteiger partial charge in [0.25, 0.3) is 0 Å². The highest BCUT2D eigenvalue weighted by molar-refractivity contribution is 6.07. The molecule has 0 radical (unpaired) electrons. The molecule has 3 fully saturated rings. The van der Waals surface area contributed by atoms with Crippen molar-refractivity contribution >= 4 is 21.8 Å². The third-order valence-corrected chi connectivity index (χ3v) is 11.4. The van der Waals surface area contributed by atoms with Crippen molar-refractivity contribution in [3.05, 3.63) is 66.5 Å². The quantitative estimate of drug-likeness (QED) is 0.247. The Morgan fingerprint density at radius 1 is 0.854 bits per heavy atom. The lowest BCUT2D eigenvalue weighted by Crippen LogP contribution is -2.68. The fourth-order valence-corrected chi connectivity index (χ4v) is 9.64. The fraction of sp³-hybridized carbons (Fsp3) is 0.583. The van der Waals surface area contributed by atoms with Gasteiger partial charge in [-0.05, 0) is 108 Å². The zero-order valence-corrected chi connectivity index (χ0v) is 24.5. The largest absolute Gasteiger partial charge is 0.364 e. The van der Waals surface area contributed by atoms with Gasteiger partial charge in [-0.2, -0.15) is 0 Å². The topological polar surface area (TPSA) is 56.5 Å². The van der Waals surface area contributed by atoms with Crippen LogP contribution in [-0.4, -0.2) is 58.8 Å². The van der Waals surface area contributed by atoms with E-state index in [0.717, 1.165) is 19.4 Å². The molecule has 2 saturated heterocycles. The van der Waals surface area contributed by atoms with Crippen LogP contribution in [0.5, 0.6) is 0 Å². The Morgan fingerprint density at radius 2 is 1.68 bits per heavy atom. The van der Waals surface area contributed by atoms with Crippen molar-refractivity contribution in [2.75, 3.05) is 26.2 Å². The highest BCUT2D eigenvalue weighted by Crippen LogP contribution is 2.67. The summed E-state index contributed by atoms with van der Waals surface area (Å²) in [5.74, 6) is 0.867. The van der Waals surface area contributed by atoms with E-state index in [2.05, 4.69) is 76.0 Å². The number of aromatic amines is 1. The summed E-state index contributed by atoms with van der Waals surface area (Å²) in [5, 5.41) is 6.86. The van der Waals surface area contributed by atoms with Crippen LogP contribution in [0.2, 0.25) is 0 Å². The van der Waals surface area contributed by atoms with Crippen LogP contribution < -0.4 is 5.32 Å². The zero-order valence-electron chi connectivity index (χ0n) is 24.5. The number of rotatable bonds is 1. The number of pyridine rings is 1. The van der Waals surface area contributed by atoms with Crippen molar-refractivity contribution in [2.24, 2.45) is 11.3 Å². The third kappa shape index (κ3) is 4.34. The third-order valence-electron chi connectivity index (χ3n) is 11.4. The van der Waals surface area contributed by atoms with Gasteiger partial charge in [-0.1, -0.05) is 42.5 Å². The molecule has 3 bridgehead atoms. The average molecular weight is 551 g/mol. The molecule has 6 heterocycles. The Labute approximate surface area is 244 Å². The maximum atomic E-state index is 7.19. The van der Waals surface area contributed by atoms with E-state index in [0.29, 0.717) is 17.9 Å². The summed E-state index contributed by atoms with van der Waals surface area (Å²) in [6.07, 6.45) is 25.5. The van der Waals surface area contributed by atoms with E-state index in [1.165, 1.54) is 105 Å². The lowest BCUT2D eigenvalue weighted by Gasteiger charge is -2.59. The average Bonchev–Trinajstić information content (AvgIpc) is 3.59. The molecule has 2 N–H and O–H groups in total. The fourth-order valence-electron chi connectivity index (χ4n) is 9.64. The highest BCUT2D eigenvalue weighted by Gasteiger charge is 2.75. The molecular weight excluding hydrogens is 504 g/mol. The number of piperidine rings is 1. The van der Waals surface area contributed by atoms with E-state index in [1.807, 2.05) is 0 Å². The van der Waals surface area contributed by atoms with E-state index >= 15 is 0 Å². The number of nitrogens with one attached hydrogen (secondary N) is 2. The molecule has 5 heteroatoms. The monoisotopic (exact) mass is 550 g/mol. The van der Waals surface area contributed by atoms with Crippen LogP contribution in [0.3, 0.4) is 0 Å². The normalized spacial score (nSPS) is 38.6. The molecule has 2 spiro atoms. The van der Waals surface area contributed by atoms with Crippen molar-refractivity contribution in [3.63, 3.8) is 0 Å². The minimum absolute atomic E-state index is 0.115. The zero-order chi connectivity index (χ0) is 27.3. The first-order chi connectivity index (χ1) is 20.3. The number of aromatic nitrogens is 2. The van der Waals surface area contributed by atoms with E-state index in [9.17, 15) is 0 Å². The predicted molar refractivity (Wildman–Crippen MR) is 167 cm³/mol. The lowest BCUT2D eigenvalue weighted by atomic mass is 9.50. The summed E-state index contributed by atoms with van der Waals surface area (Å²) < 4.78 is 7.19. The van der Waals surface area contributed by atoms with Crippen LogP contribution in [0, 0.1) is 11.3 Å². The smallest absolute Gasteiger partial charge is 0.112 e. The van der Waals surface area contributed by atoms with Crippen LogP contribution in [0.25, 0.3) is 21.8 Å². The summed E-state index contributed by atoms with van der Waals surface area (Å²) in [7, 11) is 0. The van der Waals surface area contributed by atoms with Crippen molar-refractivity contribution in [1.29, 1.82) is 0 Å². The van der Waals surface area contributed by atoms with Crippen LogP contribution in [-0.2, 0) is 4.74 Å². The molecule has 1 aliphatic carbocycles. The number of para-hydroxylation sites is 1. The minimum atomic E-state index is -0.115. The van der Waals surface area contributed by atoms with E-state index in [-0.39, 0.29) is 17.1 Å². The first kappa shape index (κ1) is 26.2. The number of fused-ring (bicyclic) bond motifs is 4. The summed E-state index contributed by atoms with van der Waals surface area (Å²) in [6, 6.07) is 11.4. The van der Waals surface area contributed by atoms with Crippen LogP contribution in [0.1, 0.15) is 82.2 Å². The summed E-state index contributed by atoms with van der Waals surface area (Å²) in [5.41, 5.74) is 3.75. The Morgan fingerprint density at radius 3 is 2.61 bits per heavy atom. The lowest BCUT2D eigenvalue weighted by molar-refractivity contribution is -0.0577. The van der Waals surface area contributed by atoms with Crippen LogP contribution >= 0.6 is 0 Å². The van der Waals surface area contributed by atoms with Gasteiger partial charge in [0, 0.05) is 46.4 Å². The van der Waals surface area contributed by atoms with E-state index in [4.69, 9.17) is 9.72 Å². The summed E-state index contributed by atoms with van der Waals surface area (Å²) in [4.78, 5) is 11.9. The van der Waals surface area contributed by atoms with E-state index in [1.54, 1.807) is 0 Å². The minimum Gasteiger partial charge on any atom is -0.364 e. The van der Waals surface area contributed by atoms with Crippen LogP contribution in [0.4, 0.5) is 0 Å². The molecule has 3 aromatic rings. The van der Waals surface area contributed by atoms with Gasteiger partial charge in [0.15, 0.2) is 0 Å². The van der Waals surface area contributed by atoms with Crippen molar-refractivity contribution < 1.29 is 4.74 Å². The molecule has 5 aliphatic rings.